The third kappa shape index (κ3) is 2.83. The molecule has 0 radical (unpaired) electrons. The summed E-state index contributed by atoms with van der Waals surface area (Å²) in [6.45, 7) is 9.00. The summed E-state index contributed by atoms with van der Waals surface area (Å²) in [4.78, 5) is 12.2. The molecule has 3 heteroatoms. The van der Waals surface area contributed by atoms with Crippen molar-refractivity contribution in [2.24, 2.45) is 11.3 Å². The van der Waals surface area contributed by atoms with Gasteiger partial charge in [0.2, 0.25) is 0 Å². The number of ether oxygens (including phenoxy) is 1. The van der Waals surface area contributed by atoms with Gasteiger partial charge < -0.3 is 9.30 Å². The molecule has 1 saturated carbocycles. The van der Waals surface area contributed by atoms with Crippen LogP contribution in [0.5, 0.6) is 0 Å². The minimum absolute atomic E-state index is 0.0848. The van der Waals surface area contributed by atoms with Crippen LogP contribution in [0.2, 0.25) is 0 Å². The van der Waals surface area contributed by atoms with E-state index in [0.29, 0.717) is 12.2 Å². The first-order chi connectivity index (χ1) is 9.46. The molecule has 1 heterocycles. The van der Waals surface area contributed by atoms with E-state index in [1.165, 1.54) is 24.2 Å². The number of carbonyl (C=O) groups is 1. The number of fused-ring (bicyclic) bond motifs is 1. The maximum Gasteiger partial charge on any atom is 0.165 e. The number of Topliss-reactive ketones (excluding diaryl/α,β-unsaturated/α-hetero) is 1. The number of ketones is 1. The van der Waals surface area contributed by atoms with Gasteiger partial charge in [0, 0.05) is 36.5 Å². The van der Waals surface area contributed by atoms with E-state index in [9.17, 15) is 4.79 Å². The number of aromatic nitrogens is 1. The third-order valence-electron chi connectivity index (χ3n) is 4.51. The highest BCUT2D eigenvalue weighted by atomic mass is 16.5. The van der Waals surface area contributed by atoms with Crippen molar-refractivity contribution in [1.29, 1.82) is 0 Å². The maximum absolute atomic E-state index is 12.2. The first-order valence-corrected chi connectivity index (χ1v) is 7.76. The topological polar surface area (TPSA) is 31.2 Å². The highest BCUT2D eigenvalue weighted by Gasteiger charge is 2.33. The molecule has 20 heavy (non-hydrogen) atoms. The van der Waals surface area contributed by atoms with Crippen molar-refractivity contribution in [2.45, 2.75) is 53.0 Å². The molecule has 0 bridgehead atoms. The summed E-state index contributed by atoms with van der Waals surface area (Å²) < 4.78 is 8.04. The quantitative estimate of drug-likeness (QED) is 0.771. The van der Waals surface area contributed by atoms with Crippen molar-refractivity contribution in [2.75, 3.05) is 13.2 Å². The molecule has 0 unspecified atom stereocenters. The van der Waals surface area contributed by atoms with E-state index < -0.39 is 0 Å². The first-order valence-electron chi connectivity index (χ1n) is 7.76. The lowest BCUT2D eigenvalue weighted by molar-refractivity contribution is 0.0905. The molecule has 0 aliphatic heterocycles. The largest absolute Gasteiger partial charge is 0.379 e. The van der Waals surface area contributed by atoms with Gasteiger partial charge in [0.05, 0.1) is 6.61 Å². The molecule has 1 aromatic heterocycles. The Bertz CT molecular complexity index is 523. The van der Waals surface area contributed by atoms with E-state index >= 15 is 0 Å². The first kappa shape index (κ1) is 13.9. The Balaban J connectivity index is 1.72. The van der Waals surface area contributed by atoms with Gasteiger partial charge in [0.1, 0.15) is 0 Å². The highest BCUT2D eigenvalue weighted by Crippen LogP contribution is 2.36. The molecule has 0 aromatic carbocycles. The summed E-state index contributed by atoms with van der Waals surface area (Å²) in [6.07, 6.45) is 4.33. The Kier molecular flexibility index (Phi) is 3.49. The molecule has 2 aliphatic rings. The fourth-order valence-corrected chi connectivity index (χ4v) is 3.21. The van der Waals surface area contributed by atoms with Gasteiger partial charge in [0.25, 0.3) is 0 Å². The Hall–Kier alpha value is -1.09. The Morgan fingerprint density at radius 2 is 2.10 bits per heavy atom. The van der Waals surface area contributed by atoms with Crippen LogP contribution >= 0.6 is 0 Å². The smallest absolute Gasteiger partial charge is 0.165 e. The average molecular weight is 275 g/mol. The summed E-state index contributed by atoms with van der Waals surface area (Å²) >= 11 is 0. The van der Waals surface area contributed by atoms with Crippen molar-refractivity contribution in [3.05, 3.63) is 23.0 Å². The molecule has 1 fully saturated rings. The number of aryl methyl sites for hydroxylation is 1. The third-order valence-corrected chi connectivity index (χ3v) is 4.51. The fraction of sp³-hybridized carbons (Fsp3) is 0.706. The number of hydrogen-bond donors (Lipinski definition) is 0. The molecule has 1 aromatic rings. The second-order valence-electron chi connectivity index (χ2n) is 7.26. The molecule has 0 spiro atoms. The van der Waals surface area contributed by atoms with Crippen LogP contribution in [0.3, 0.4) is 0 Å². The second kappa shape index (κ2) is 5.03. The molecule has 0 saturated heterocycles. The maximum atomic E-state index is 12.2. The molecule has 0 amide bonds. The predicted octanol–water partition coefficient (Wildman–Crippen LogP) is 3.38. The zero-order valence-corrected chi connectivity index (χ0v) is 12.9. The van der Waals surface area contributed by atoms with Crippen molar-refractivity contribution < 1.29 is 9.53 Å². The lowest BCUT2D eigenvalue weighted by Crippen LogP contribution is -2.28. The monoisotopic (exact) mass is 275 g/mol. The van der Waals surface area contributed by atoms with Crippen LogP contribution in [-0.2, 0) is 17.7 Å². The molecule has 0 N–H and O–H groups in total. The SMILES string of the molecule is Cc1cc2c(n1CCOCC1CC1)CC(C)(C)CC2=O. The van der Waals surface area contributed by atoms with Gasteiger partial charge in [-0.3, -0.25) is 4.79 Å². The predicted molar refractivity (Wildman–Crippen MR) is 79.1 cm³/mol. The molecule has 110 valence electrons. The van der Waals surface area contributed by atoms with Crippen LogP contribution in [0.1, 0.15) is 54.9 Å². The van der Waals surface area contributed by atoms with Crippen molar-refractivity contribution in [3.63, 3.8) is 0 Å². The number of nitrogens with zero attached hydrogens (tertiary/aromatic N) is 1. The minimum atomic E-state index is 0.0848. The van der Waals surface area contributed by atoms with E-state index in [1.54, 1.807) is 0 Å². The molecule has 3 nitrogen and oxygen atoms in total. The zero-order chi connectivity index (χ0) is 14.3. The average Bonchev–Trinajstić information content (AvgIpc) is 3.11. The van der Waals surface area contributed by atoms with E-state index in [2.05, 4.69) is 31.4 Å². The van der Waals surface area contributed by atoms with Crippen LogP contribution in [0, 0.1) is 18.3 Å². The summed E-state index contributed by atoms with van der Waals surface area (Å²) in [5.41, 5.74) is 3.44. The molecular weight excluding hydrogens is 250 g/mol. The van der Waals surface area contributed by atoms with Gasteiger partial charge in [-0.25, -0.2) is 0 Å². The van der Waals surface area contributed by atoms with Crippen molar-refractivity contribution in [3.8, 4) is 0 Å². The standard InChI is InChI=1S/C17H25NO2/c1-12-8-14-15(9-17(2,3)10-16(14)19)18(12)6-7-20-11-13-4-5-13/h8,13H,4-7,9-11H2,1-3H3. The highest BCUT2D eigenvalue weighted by molar-refractivity contribution is 5.99. The Morgan fingerprint density at radius 3 is 2.80 bits per heavy atom. The summed E-state index contributed by atoms with van der Waals surface area (Å²) in [7, 11) is 0. The summed E-state index contributed by atoms with van der Waals surface area (Å²) in [5, 5.41) is 0. The van der Waals surface area contributed by atoms with Crippen LogP contribution < -0.4 is 0 Å². The molecule has 3 rings (SSSR count). The van der Waals surface area contributed by atoms with E-state index in [1.807, 2.05) is 0 Å². The van der Waals surface area contributed by atoms with Crippen molar-refractivity contribution in [1.82, 2.24) is 4.57 Å². The van der Waals surface area contributed by atoms with E-state index in [0.717, 1.165) is 37.7 Å². The van der Waals surface area contributed by atoms with Gasteiger partial charge in [-0.2, -0.15) is 0 Å². The van der Waals surface area contributed by atoms with Crippen LogP contribution in [-0.4, -0.2) is 23.6 Å². The Labute approximate surface area is 121 Å². The van der Waals surface area contributed by atoms with E-state index in [-0.39, 0.29) is 5.41 Å². The zero-order valence-electron chi connectivity index (χ0n) is 12.9. The van der Waals surface area contributed by atoms with Crippen LogP contribution in [0.15, 0.2) is 6.07 Å². The molecule has 0 atom stereocenters. The number of hydrogen-bond acceptors (Lipinski definition) is 2. The fourth-order valence-electron chi connectivity index (χ4n) is 3.21. The lowest BCUT2D eigenvalue weighted by atomic mass is 9.76. The number of carbonyl (C=O) groups excluding carboxylic acids is 1. The lowest BCUT2D eigenvalue weighted by Gasteiger charge is -2.29. The number of rotatable bonds is 5. The van der Waals surface area contributed by atoms with Crippen LogP contribution in [0.25, 0.3) is 0 Å². The van der Waals surface area contributed by atoms with Gasteiger partial charge in [-0.15, -0.1) is 0 Å². The van der Waals surface area contributed by atoms with Gasteiger partial charge in [-0.05, 0) is 43.6 Å². The Morgan fingerprint density at radius 1 is 1.35 bits per heavy atom. The van der Waals surface area contributed by atoms with Gasteiger partial charge >= 0.3 is 0 Å². The van der Waals surface area contributed by atoms with Crippen LogP contribution in [0.4, 0.5) is 0 Å². The minimum Gasteiger partial charge on any atom is -0.379 e. The van der Waals surface area contributed by atoms with E-state index in [4.69, 9.17) is 4.74 Å². The second-order valence-corrected chi connectivity index (χ2v) is 7.26. The molecule has 2 aliphatic carbocycles. The normalized spacial score (nSPS) is 21.1. The summed E-state index contributed by atoms with van der Waals surface area (Å²) in [6, 6.07) is 2.06. The molecular formula is C17H25NO2. The van der Waals surface area contributed by atoms with Gasteiger partial charge in [0.15, 0.2) is 5.78 Å². The van der Waals surface area contributed by atoms with Gasteiger partial charge in [-0.1, -0.05) is 13.8 Å². The van der Waals surface area contributed by atoms with Crippen molar-refractivity contribution >= 4 is 5.78 Å². The summed E-state index contributed by atoms with van der Waals surface area (Å²) in [5.74, 6) is 1.12.